The molecule has 0 atom stereocenters. The Morgan fingerprint density at radius 2 is 1.38 bits per heavy atom. The molecule has 12 nitrogen and oxygen atoms in total. The van der Waals surface area contributed by atoms with Crippen molar-refractivity contribution in [3.63, 3.8) is 0 Å². The number of nitrogens with one attached hydrogen (secondary N) is 3. The van der Waals surface area contributed by atoms with E-state index in [4.69, 9.17) is 4.74 Å². The van der Waals surface area contributed by atoms with Crippen LogP contribution in [0.2, 0.25) is 0 Å². The summed E-state index contributed by atoms with van der Waals surface area (Å²) in [5, 5.41) is 21.3. The highest BCUT2D eigenvalue weighted by atomic mass is 16.6. The summed E-state index contributed by atoms with van der Waals surface area (Å²) in [6.45, 7) is 0. The number of aromatic nitrogens is 3. The summed E-state index contributed by atoms with van der Waals surface area (Å²) >= 11 is 0. The molecule has 12 heteroatoms. The highest BCUT2D eigenvalue weighted by Crippen LogP contribution is 2.22. The van der Waals surface area contributed by atoms with E-state index >= 15 is 0 Å². The van der Waals surface area contributed by atoms with Gasteiger partial charge in [0.1, 0.15) is 5.75 Å². The van der Waals surface area contributed by atoms with E-state index in [9.17, 15) is 10.1 Å². The molecule has 0 spiro atoms. The minimum absolute atomic E-state index is 0.0154. The molecular weight excluding hydrogens is 474 g/mol. The summed E-state index contributed by atoms with van der Waals surface area (Å²) < 4.78 is 5.20. The van der Waals surface area contributed by atoms with Gasteiger partial charge in [-0.15, -0.1) is 0 Å². The van der Waals surface area contributed by atoms with E-state index in [1.54, 1.807) is 25.5 Å². The normalized spacial score (nSPS) is 10.7. The number of ether oxygens (including phenoxy) is 1. The van der Waals surface area contributed by atoms with Crippen LogP contribution in [0.5, 0.6) is 5.75 Å². The molecule has 0 aliphatic heterocycles. The SMILES string of the molecule is COc1ccc(Nc2nc(N/N=C/c3ccc(N(C)C)cc3)nc(Nc3ccc([N+](=O)[O-])cc3)n2)cc1. The van der Waals surface area contributed by atoms with Crippen LogP contribution in [0, 0.1) is 10.1 Å². The Morgan fingerprint density at radius 3 is 1.89 bits per heavy atom. The van der Waals surface area contributed by atoms with Crippen molar-refractivity contribution in [2.45, 2.75) is 0 Å². The van der Waals surface area contributed by atoms with Gasteiger partial charge in [-0.05, 0) is 54.1 Å². The van der Waals surface area contributed by atoms with Crippen molar-refractivity contribution in [1.29, 1.82) is 0 Å². The number of rotatable bonds is 10. The van der Waals surface area contributed by atoms with Gasteiger partial charge in [0, 0.05) is 43.3 Å². The summed E-state index contributed by atoms with van der Waals surface area (Å²) in [5.41, 5.74) is 6.11. The fourth-order valence-corrected chi connectivity index (χ4v) is 3.16. The zero-order valence-electron chi connectivity index (χ0n) is 20.4. The van der Waals surface area contributed by atoms with Crippen molar-refractivity contribution in [1.82, 2.24) is 15.0 Å². The molecule has 1 aromatic heterocycles. The largest absolute Gasteiger partial charge is 0.497 e. The van der Waals surface area contributed by atoms with Crippen LogP contribution in [-0.4, -0.2) is 47.3 Å². The van der Waals surface area contributed by atoms with Gasteiger partial charge in [0.05, 0.1) is 18.2 Å². The number of benzene rings is 3. The average Bonchev–Trinajstić information content (AvgIpc) is 2.89. The number of anilines is 6. The van der Waals surface area contributed by atoms with Gasteiger partial charge in [-0.1, -0.05) is 12.1 Å². The van der Waals surface area contributed by atoms with Crippen molar-refractivity contribution >= 4 is 46.8 Å². The van der Waals surface area contributed by atoms with Crippen molar-refractivity contribution in [2.24, 2.45) is 5.10 Å². The van der Waals surface area contributed by atoms with Crippen molar-refractivity contribution in [3.8, 4) is 5.75 Å². The van der Waals surface area contributed by atoms with Gasteiger partial charge in [-0.2, -0.15) is 20.1 Å². The number of nitro groups is 1. The Bertz CT molecular complexity index is 1370. The lowest BCUT2D eigenvalue weighted by Crippen LogP contribution is -2.08. The molecule has 0 radical (unpaired) electrons. The summed E-state index contributed by atoms with van der Waals surface area (Å²) in [6.07, 6.45) is 1.66. The fraction of sp³-hybridized carbons (Fsp3) is 0.120. The second-order valence-electron chi connectivity index (χ2n) is 7.94. The van der Waals surface area contributed by atoms with Gasteiger partial charge in [0.2, 0.25) is 17.8 Å². The lowest BCUT2D eigenvalue weighted by Gasteiger charge is -2.11. The van der Waals surface area contributed by atoms with Crippen LogP contribution < -0.4 is 25.7 Å². The predicted molar refractivity (Wildman–Crippen MR) is 144 cm³/mol. The quantitative estimate of drug-likeness (QED) is 0.158. The van der Waals surface area contributed by atoms with Crippen molar-refractivity contribution < 1.29 is 9.66 Å². The molecule has 0 amide bonds. The van der Waals surface area contributed by atoms with Crippen LogP contribution in [-0.2, 0) is 0 Å². The smallest absolute Gasteiger partial charge is 0.269 e. The van der Waals surface area contributed by atoms with Crippen molar-refractivity contribution in [3.05, 3.63) is 88.5 Å². The van der Waals surface area contributed by atoms with Gasteiger partial charge in [0.15, 0.2) is 0 Å². The number of nitro benzene ring substituents is 1. The number of hydrogen-bond donors (Lipinski definition) is 3. The maximum atomic E-state index is 10.9. The van der Waals surface area contributed by atoms with E-state index in [0.717, 1.165) is 22.7 Å². The Labute approximate surface area is 213 Å². The first kappa shape index (κ1) is 24.9. The molecular formula is C25H25N9O3. The predicted octanol–water partition coefficient (Wildman–Crippen LogP) is 4.79. The van der Waals surface area contributed by atoms with Crippen molar-refractivity contribution in [2.75, 3.05) is 42.2 Å². The van der Waals surface area contributed by atoms with Gasteiger partial charge in [0.25, 0.3) is 5.69 Å². The molecule has 0 unspecified atom stereocenters. The number of methoxy groups -OCH3 is 1. The van der Waals surface area contributed by atoms with E-state index in [-0.39, 0.29) is 23.5 Å². The number of non-ortho nitro benzene ring substituents is 1. The monoisotopic (exact) mass is 499 g/mol. The molecule has 0 aliphatic carbocycles. The standard InChI is InChI=1S/C25H25N9O3/c1-33(2)20-10-4-17(5-11-20)16-26-32-25-30-23(27-18-6-12-21(13-7-18)34(35)36)29-24(31-25)28-19-8-14-22(37-3)15-9-19/h4-16H,1-3H3,(H3,27,28,29,30,31,32)/b26-16+. The molecule has 0 aliphatic rings. The van der Waals surface area contributed by atoms with E-state index < -0.39 is 4.92 Å². The maximum Gasteiger partial charge on any atom is 0.269 e. The minimum atomic E-state index is -0.461. The molecule has 0 bridgehead atoms. The zero-order chi connectivity index (χ0) is 26.2. The molecule has 188 valence electrons. The summed E-state index contributed by atoms with van der Waals surface area (Å²) in [6, 6.07) is 21.1. The molecule has 0 fully saturated rings. The van der Waals surface area contributed by atoms with E-state index in [0.29, 0.717) is 5.69 Å². The molecule has 4 rings (SSSR count). The van der Waals surface area contributed by atoms with E-state index in [1.165, 1.54) is 12.1 Å². The Morgan fingerprint density at radius 1 is 0.838 bits per heavy atom. The molecule has 3 N–H and O–H groups in total. The van der Waals surface area contributed by atoms with Gasteiger partial charge >= 0.3 is 0 Å². The van der Waals surface area contributed by atoms with Crippen LogP contribution >= 0.6 is 0 Å². The average molecular weight is 500 g/mol. The molecule has 37 heavy (non-hydrogen) atoms. The van der Waals surface area contributed by atoms with Crippen LogP contribution in [0.1, 0.15) is 5.56 Å². The molecule has 1 heterocycles. The number of hydrogen-bond acceptors (Lipinski definition) is 11. The lowest BCUT2D eigenvalue weighted by molar-refractivity contribution is -0.384. The van der Waals surface area contributed by atoms with Gasteiger partial charge in [-0.25, -0.2) is 5.43 Å². The van der Waals surface area contributed by atoms with Gasteiger partial charge in [-0.3, -0.25) is 10.1 Å². The topological polar surface area (TPSA) is 143 Å². The van der Waals surface area contributed by atoms with Crippen LogP contribution in [0.3, 0.4) is 0 Å². The highest BCUT2D eigenvalue weighted by Gasteiger charge is 2.09. The highest BCUT2D eigenvalue weighted by molar-refractivity contribution is 5.80. The van der Waals surface area contributed by atoms with E-state index in [1.807, 2.05) is 67.5 Å². The van der Waals surface area contributed by atoms with Crippen LogP contribution in [0.4, 0.5) is 40.6 Å². The third kappa shape index (κ3) is 6.88. The number of hydrazone groups is 1. The maximum absolute atomic E-state index is 10.9. The molecule has 3 aromatic carbocycles. The molecule has 4 aromatic rings. The lowest BCUT2D eigenvalue weighted by atomic mass is 10.2. The first-order chi connectivity index (χ1) is 17.9. The van der Waals surface area contributed by atoms with Gasteiger partial charge < -0.3 is 20.3 Å². The first-order valence-electron chi connectivity index (χ1n) is 11.1. The Balaban J connectivity index is 1.55. The summed E-state index contributed by atoms with van der Waals surface area (Å²) in [4.78, 5) is 25.7. The van der Waals surface area contributed by atoms with E-state index in [2.05, 4.69) is 36.1 Å². The molecule has 0 saturated carbocycles. The third-order valence-electron chi connectivity index (χ3n) is 5.10. The Hall–Kier alpha value is -5.26. The second-order valence-corrected chi connectivity index (χ2v) is 7.94. The Kier molecular flexibility index (Phi) is 7.69. The fourth-order valence-electron chi connectivity index (χ4n) is 3.16. The summed E-state index contributed by atoms with van der Waals surface area (Å²) in [7, 11) is 5.55. The third-order valence-corrected chi connectivity index (χ3v) is 5.10. The second kappa shape index (κ2) is 11.4. The van der Waals surface area contributed by atoms with Crippen LogP contribution in [0.15, 0.2) is 77.9 Å². The number of nitrogens with zero attached hydrogens (tertiary/aromatic N) is 6. The first-order valence-corrected chi connectivity index (χ1v) is 11.1. The molecule has 0 saturated heterocycles. The zero-order valence-corrected chi connectivity index (χ0v) is 20.4. The summed E-state index contributed by atoms with van der Waals surface area (Å²) in [5.74, 6) is 1.39. The minimum Gasteiger partial charge on any atom is -0.497 e. The van der Waals surface area contributed by atoms with Crippen LogP contribution in [0.25, 0.3) is 0 Å².